The van der Waals surface area contributed by atoms with Gasteiger partial charge in [-0.05, 0) is 42.8 Å². The van der Waals surface area contributed by atoms with Crippen molar-refractivity contribution in [2.45, 2.75) is 13.0 Å². The Balaban J connectivity index is 1.47. The highest BCUT2D eigenvalue weighted by molar-refractivity contribution is 6.31. The molecule has 0 radical (unpaired) electrons. The molecule has 1 saturated heterocycles. The van der Waals surface area contributed by atoms with Crippen LogP contribution < -0.4 is 15.0 Å². The van der Waals surface area contributed by atoms with Gasteiger partial charge in [0.1, 0.15) is 5.75 Å². The molecule has 1 N–H and O–H groups in total. The number of halogens is 1. The molecular formula is C21H26ClN3O2. The van der Waals surface area contributed by atoms with Crippen molar-refractivity contribution < 1.29 is 9.53 Å². The first-order valence-corrected chi connectivity index (χ1v) is 9.61. The monoisotopic (exact) mass is 387 g/mol. The van der Waals surface area contributed by atoms with E-state index in [1.807, 2.05) is 48.2 Å². The highest BCUT2D eigenvalue weighted by Crippen LogP contribution is 2.22. The fourth-order valence-corrected chi connectivity index (χ4v) is 3.59. The minimum Gasteiger partial charge on any atom is -0.497 e. The molecule has 1 atom stereocenters. The van der Waals surface area contributed by atoms with E-state index >= 15 is 0 Å². The molecular weight excluding hydrogens is 362 g/mol. The minimum atomic E-state index is 0.0308. The molecule has 0 spiro atoms. The lowest BCUT2D eigenvalue weighted by molar-refractivity contribution is -0.130. The van der Waals surface area contributed by atoms with Crippen molar-refractivity contribution in [2.75, 3.05) is 44.7 Å². The molecule has 27 heavy (non-hydrogen) atoms. The minimum absolute atomic E-state index is 0.0308. The predicted molar refractivity (Wildman–Crippen MR) is 110 cm³/mol. The lowest BCUT2D eigenvalue weighted by Gasteiger charge is -2.36. The standard InChI is InChI=1S/C21H26ClN3O2/c1-16(19-5-3-4-6-20(19)22)23-15-21(26)25-13-11-24(12-14-25)17-7-9-18(27-2)10-8-17/h3-10,16,23H,11-15H2,1-2H3. The van der Waals surface area contributed by atoms with Gasteiger partial charge in [0.15, 0.2) is 0 Å². The summed E-state index contributed by atoms with van der Waals surface area (Å²) >= 11 is 6.23. The van der Waals surface area contributed by atoms with Gasteiger partial charge in [-0.1, -0.05) is 29.8 Å². The van der Waals surface area contributed by atoms with E-state index in [0.717, 1.165) is 48.2 Å². The molecule has 6 heteroatoms. The van der Waals surface area contributed by atoms with Gasteiger partial charge in [-0.3, -0.25) is 4.79 Å². The SMILES string of the molecule is COc1ccc(N2CCN(C(=O)CNC(C)c3ccccc3Cl)CC2)cc1. The zero-order valence-corrected chi connectivity index (χ0v) is 16.6. The van der Waals surface area contributed by atoms with E-state index in [0.29, 0.717) is 6.54 Å². The van der Waals surface area contributed by atoms with Crippen LogP contribution >= 0.6 is 11.6 Å². The zero-order chi connectivity index (χ0) is 19.2. The average Bonchev–Trinajstić information content (AvgIpc) is 2.72. The third-order valence-corrected chi connectivity index (χ3v) is 5.35. The van der Waals surface area contributed by atoms with Crippen LogP contribution in [-0.2, 0) is 4.79 Å². The highest BCUT2D eigenvalue weighted by Gasteiger charge is 2.21. The number of hydrogen-bond donors (Lipinski definition) is 1. The van der Waals surface area contributed by atoms with Crippen molar-refractivity contribution in [3.05, 3.63) is 59.1 Å². The molecule has 1 aliphatic heterocycles. The zero-order valence-electron chi connectivity index (χ0n) is 15.8. The van der Waals surface area contributed by atoms with E-state index < -0.39 is 0 Å². The molecule has 1 aliphatic rings. The molecule has 1 amide bonds. The summed E-state index contributed by atoms with van der Waals surface area (Å²) in [7, 11) is 1.67. The molecule has 0 aliphatic carbocycles. The Labute approximate surface area is 165 Å². The Bertz CT molecular complexity index is 758. The number of carbonyl (C=O) groups is 1. The summed E-state index contributed by atoms with van der Waals surface area (Å²) in [4.78, 5) is 16.8. The van der Waals surface area contributed by atoms with Crippen LogP contribution in [0.1, 0.15) is 18.5 Å². The number of carbonyl (C=O) groups excluding carboxylic acids is 1. The van der Waals surface area contributed by atoms with E-state index in [1.54, 1.807) is 7.11 Å². The molecule has 144 valence electrons. The maximum atomic E-state index is 12.5. The summed E-state index contributed by atoms with van der Waals surface area (Å²) in [6, 6.07) is 15.8. The fraction of sp³-hybridized carbons (Fsp3) is 0.381. The second-order valence-electron chi connectivity index (χ2n) is 6.69. The van der Waals surface area contributed by atoms with Crippen LogP contribution in [0.2, 0.25) is 5.02 Å². The number of methoxy groups -OCH3 is 1. The summed E-state index contributed by atoms with van der Waals surface area (Å²) in [6.07, 6.45) is 0. The molecule has 2 aromatic carbocycles. The number of piperazine rings is 1. The molecule has 0 saturated carbocycles. The molecule has 5 nitrogen and oxygen atoms in total. The van der Waals surface area contributed by atoms with Gasteiger partial charge in [0.25, 0.3) is 0 Å². The van der Waals surface area contributed by atoms with Crippen LogP contribution in [-0.4, -0.2) is 50.6 Å². The third-order valence-electron chi connectivity index (χ3n) is 5.00. The summed E-state index contributed by atoms with van der Waals surface area (Å²) in [6.45, 7) is 5.46. The van der Waals surface area contributed by atoms with E-state index in [-0.39, 0.29) is 11.9 Å². The van der Waals surface area contributed by atoms with Crippen LogP contribution in [0.5, 0.6) is 5.75 Å². The van der Waals surface area contributed by atoms with Crippen molar-refractivity contribution >= 4 is 23.2 Å². The summed E-state index contributed by atoms with van der Waals surface area (Å²) in [5.74, 6) is 0.981. The molecule has 0 bridgehead atoms. The van der Waals surface area contributed by atoms with Gasteiger partial charge in [0.05, 0.1) is 13.7 Å². The lowest BCUT2D eigenvalue weighted by Crippen LogP contribution is -2.51. The van der Waals surface area contributed by atoms with Crippen LogP contribution in [0.25, 0.3) is 0 Å². The molecule has 3 rings (SSSR count). The van der Waals surface area contributed by atoms with E-state index in [9.17, 15) is 4.79 Å². The number of ether oxygens (including phenoxy) is 1. The second-order valence-corrected chi connectivity index (χ2v) is 7.10. The van der Waals surface area contributed by atoms with E-state index in [4.69, 9.17) is 16.3 Å². The van der Waals surface area contributed by atoms with Crippen molar-refractivity contribution in [1.82, 2.24) is 10.2 Å². The van der Waals surface area contributed by atoms with Crippen LogP contribution in [0.15, 0.2) is 48.5 Å². The number of anilines is 1. The van der Waals surface area contributed by atoms with Crippen molar-refractivity contribution in [3.63, 3.8) is 0 Å². The lowest BCUT2D eigenvalue weighted by atomic mass is 10.1. The molecule has 0 aromatic heterocycles. The predicted octanol–water partition coefficient (Wildman–Crippen LogP) is 3.35. The smallest absolute Gasteiger partial charge is 0.236 e. The number of hydrogen-bond acceptors (Lipinski definition) is 4. The first-order chi connectivity index (χ1) is 13.1. The summed E-state index contributed by atoms with van der Waals surface area (Å²) < 4.78 is 5.20. The van der Waals surface area contributed by atoms with Crippen molar-refractivity contribution in [1.29, 1.82) is 0 Å². The maximum absolute atomic E-state index is 12.5. The molecule has 1 fully saturated rings. The van der Waals surface area contributed by atoms with Crippen LogP contribution in [0.3, 0.4) is 0 Å². The maximum Gasteiger partial charge on any atom is 0.236 e. The van der Waals surface area contributed by atoms with Crippen molar-refractivity contribution in [3.8, 4) is 5.75 Å². The molecule has 2 aromatic rings. The summed E-state index contributed by atoms with van der Waals surface area (Å²) in [5.41, 5.74) is 2.17. The highest BCUT2D eigenvalue weighted by atomic mass is 35.5. The molecule has 1 heterocycles. The van der Waals surface area contributed by atoms with Gasteiger partial charge in [0.2, 0.25) is 5.91 Å². The van der Waals surface area contributed by atoms with Gasteiger partial charge in [-0.15, -0.1) is 0 Å². The van der Waals surface area contributed by atoms with E-state index in [1.165, 1.54) is 0 Å². The first kappa shape index (κ1) is 19.5. The van der Waals surface area contributed by atoms with Crippen LogP contribution in [0, 0.1) is 0 Å². The Morgan fingerprint density at radius 1 is 1.11 bits per heavy atom. The molecule has 1 unspecified atom stereocenters. The second kappa shape index (κ2) is 9.11. The van der Waals surface area contributed by atoms with Gasteiger partial charge in [0, 0.05) is 42.9 Å². The number of benzene rings is 2. The van der Waals surface area contributed by atoms with Gasteiger partial charge >= 0.3 is 0 Å². The van der Waals surface area contributed by atoms with Gasteiger partial charge in [-0.25, -0.2) is 0 Å². The Morgan fingerprint density at radius 2 is 1.78 bits per heavy atom. The van der Waals surface area contributed by atoms with Gasteiger partial charge < -0.3 is 19.9 Å². The number of nitrogens with one attached hydrogen (secondary N) is 1. The Morgan fingerprint density at radius 3 is 2.41 bits per heavy atom. The Kier molecular flexibility index (Phi) is 6.58. The van der Waals surface area contributed by atoms with Crippen molar-refractivity contribution in [2.24, 2.45) is 0 Å². The summed E-state index contributed by atoms with van der Waals surface area (Å²) in [5, 5.41) is 4.01. The number of rotatable bonds is 6. The number of nitrogens with zero attached hydrogens (tertiary/aromatic N) is 2. The van der Waals surface area contributed by atoms with Gasteiger partial charge in [-0.2, -0.15) is 0 Å². The number of amides is 1. The third kappa shape index (κ3) is 4.93. The largest absolute Gasteiger partial charge is 0.497 e. The Hall–Kier alpha value is -2.24. The van der Waals surface area contributed by atoms with Crippen LogP contribution in [0.4, 0.5) is 5.69 Å². The van der Waals surface area contributed by atoms with E-state index in [2.05, 4.69) is 22.3 Å². The topological polar surface area (TPSA) is 44.8 Å². The quantitative estimate of drug-likeness (QED) is 0.825. The fourth-order valence-electron chi connectivity index (χ4n) is 3.30. The normalized spacial score (nSPS) is 15.5. The first-order valence-electron chi connectivity index (χ1n) is 9.23. The average molecular weight is 388 g/mol.